The Morgan fingerprint density at radius 1 is 1.22 bits per heavy atom. The number of carbonyl (C=O) groups is 2. The van der Waals surface area contributed by atoms with Crippen LogP contribution in [-0.2, 0) is 4.79 Å². The molecule has 0 aliphatic carbocycles. The van der Waals surface area contributed by atoms with Crippen LogP contribution >= 0.6 is 11.3 Å². The van der Waals surface area contributed by atoms with Crippen molar-refractivity contribution < 1.29 is 14.3 Å². The second-order valence-electron chi connectivity index (χ2n) is 3.66. The first kappa shape index (κ1) is 12.5. The molecule has 0 radical (unpaired) electrons. The number of rotatable bonds is 4. The number of hydrogen-bond acceptors (Lipinski definition) is 4. The summed E-state index contributed by atoms with van der Waals surface area (Å²) in [5.74, 6) is 0.0411. The first-order valence-corrected chi connectivity index (χ1v) is 6.47. The molecule has 0 aliphatic heterocycles. The van der Waals surface area contributed by atoms with Crippen molar-refractivity contribution in [2.24, 2.45) is 0 Å². The highest BCUT2D eigenvalue weighted by Gasteiger charge is 2.11. The fourth-order valence-corrected chi connectivity index (χ4v) is 2.14. The van der Waals surface area contributed by atoms with Crippen LogP contribution in [0.1, 0.15) is 28.6 Å². The molecule has 1 aromatic carbocycles. The van der Waals surface area contributed by atoms with Crippen molar-refractivity contribution in [3.63, 3.8) is 0 Å². The third-order valence-corrected chi connectivity index (χ3v) is 3.23. The van der Waals surface area contributed by atoms with E-state index in [1.54, 1.807) is 37.3 Å². The fraction of sp³-hybridized carbons (Fsp3) is 0.143. The van der Waals surface area contributed by atoms with Crippen LogP contribution in [0.25, 0.3) is 0 Å². The van der Waals surface area contributed by atoms with E-state index in [-0.39, 0.29) is 11.8 Å². The lowest BCUT2D eigenvalue weighted by molar-refractivity contribution is -0.134. The molecule has 1 aromatic heterocycles. The van der Waals surface area contributed by atoms with Crippen LogP contribution in [0, 0.1) is 0 Å². The molecule has 0 saturated carbocycles. The highest BCUT2D eigenvalue weighted by atomic mass is 32.1. The molecule has 0 aliphatic rings. The Labute approximate surface area is 109 Å². The average molecular weight is 260 g/mol. The summed E-state index contributed by atoms with van der Waals surface area (Å²) in [6, 6.07) is 10.3. The van der Waals surface area contributed by atoms with E-state index >= 15 is 0 Å². The van der Waals surface area contributed by atoms with E-state index in [9.17, 15) is 9.59 Å². The van der Waals surface area contributed by atoms with Crippen molar-refractivity contribution in [1.29, 1.82) is 0 Å². The second kappa shape index (κ2) is 5.60. The molecule has 18 heavy (non-hydrogen) atoms. The van der Waals surface area contributed by atoms with Crippen molar-refractivity contribution in [2.45, 2.75) is 13.3 Å². The Bertz CT molecular complexity index is 558. The molecule has 0 fully saturated rings. The van der Waals surface area contributed by atoms with Gasteiger partial charge in [-0.1, -0.05) is 25.1 Å². The minimum absolute atomic E-state index is 0.0561. The van der Waals surface area contributed by atoms with Gasteiger partial charge in [0.2, 0.25) is 5.78 Å². The monoisotopic (exact) mass is 260 g/mol. The molecule has 92 valence electrons. The molecule has 1 heterocycles. The van der Waals surface area contributed by atoms with Gasteiger partial charge in [-0.2, -0.15) is 0 Å². The minimum atomic E-state index is -0.310. The largest absolute Gasteiger partial charge is 0.427 e. The van der Waals surface area contributed by atoms with Gasteiger partial charge >= 0.3 is 5.97 Å². The first-order valence-electron chi connectivity index (χ1n) is 5.59. The zero-order valence-corrected chi connectivity index (χ0v) is 10.7. The third-order valence-electron chi connectivity index (χ3n) is 2.36. The van der Waals surface area contributed by atoms with Crippen molar-refractivity contribution in [1.82, 2.24) is 0 Å². The van der Waals surface area contributed by atoms with Crippen LogP contribution in [0.3, 0.4) is 0 Å². The summed E-state index contributed by atoms with van der Waals surface area (Å²) in [5.41, 5.74) is 0.527. The topological polar surface area (TPSA) is 43.4 Å². The third kappa shape index (κ3) is 2.84. The van der Waals surface area contributed by atoms with Gasteiger partial charge in [0.1, 0.15) is 5.75 Å². The normalized spacial score (nSPS) is 10.1. The maximum atomic E-state index is 12.1. The van der Waals surface area contributed by atoms with E-state index < -0.39 is 0 Å². The van der Waals surface area contributed by atoms with Crippen molar-refractivity contribution >= 4 is 23.1 Å². The molecule has 0 spiro atoms. The molecular formula is C14H12O3S. The van der Waals surface area contributed by atoms with Gasteiger partial charge in [0.05, 0.1) is 4.88 Å². The lowest BCUT2D eigenvalue weighted by Gasteiger charge is -2.04. The summed E-state index contributed by atoms with van der Waals surface area (Å²) >= 11 is 1.39. The van der Waals surface area contributed by atoms with Crippen molar-refractivity contribution in [3.05, 3.63) is 52.2 Å². The number of ether oxygens (including phenoxy) is 1. The standard InChI is InChI=1S/C14H12O3S/c1-2-13(15)17-11-6-3-5-10(9-11)14(16)12-7-4-8-18-12/h3-9H,2H2,1H3. The maximum absolute atomic E-state index is 12.1. The molecule has 0 saturated heterocycles. The Morgan fingerprint density at radius 2 is 2.06 bits per heavy atom. The lowest BCUT2D eigenvalue weighted by atomic mass is 10.1. The molecule has 0 N–H and O–H groups in total. The highest BCUT2D eigenvalue weighted by Crippen LogP contribution is 2.19. The summed E-state index contributed by atoms with van der Waals surface area (Å²) in [6.07, 6.45) is 0.309. The van der Waals surface area contributed by atoms with Crippen molar-refractivity contribution in [3.8, 4) is 5.75 Å². The van der Waals surface area contributed by atoms with Crippen LogP contribution in [0.2, 0.25) is 0 Å². The molecule has 0 bridgehead atoms. The Hall–Kier alpha value is -1.94. The molecule has 0 amide bonds. The number of carbonyl (C=O) groups excluding carboxylic acids is 2. The van der Waals surface area contributed by atoms with Crippen molar-refractivity contribution in [2.75, 3.05) is 0 Å². The van der Waals surface area contributed by atoms with Crippen LogP contribution < -0.4 is 4.74 Å². The van der Waals surface area contributed by atoms with Gasteiger partial charge in [-0.15, -0.1) is 11.3 Å². The summed E-state index contributed by atoms with van der Waals surface area (Å²) in [7, 11) is 0. The van der Waals surface area contributed by atoms with Crippen LogP contribution in [0.15, 0.2) is 41.8 Å². The van der Waals surface area contributed by atoms with Gasteiger partial charge in [-0.25, -0.2) is 0 Å². The smallest absolute Gasteiger partial charge is 0.310 e. The summed E-state index contributed by atoms with van der Waals surface area (Å²) in [5, 5.41) is 1.86. The van der Waals surface area contributed by atoms with Crippen LogP contribution in [-0.4, -0.2) is 11.8 Å². The number of benzene rings is 1. The molecule has 0 atom stereocenters. The molecule has 2 rings (SSSR count). The van der Waals surface area contributed by atoms with Gasteiger partial charge in [0, 0.05) is 12.0 Å². The van der Waals surface area contributed by atoms with E-state index in [4.69, 9.17) is 4.74 Å². The second-order valence-corrected chi connectivity index (χ2v) is 4.61. The van der Waals surface area contributed by atoms with E-state index in [0.29, 0.717) is 22.6 Å². The zero-order valence-electron chi connectivity index (χ0n) is 9.88. The van der Waals surface area contributed by atoms with Gasteiger partial charge in [-0.05, 0) is 23.6 Å². The quantitative estimate of drug-likeness (QED) is 0.481. The molecule has 4 heteroatoms. The van der Waals surface area contributed by atoms with Gasteiger partial charge in [0.25, 0.3) is 0 Å². The molecule has 0 unspecified atom stereocenters. The Balaban J connectivity index is 2.22. The van der Waals surface area contributed by atoms with E-state index in [1.165, 1.54) is 11.3 Å². The van der Waals surface area contributed by atoms with Gasteiger partial charge in [0.15, 0.2) is 0 Å². The molecular weight excluding hydrogens is 248 g/mol. The SMILES string of the molecule is CCC(=O)Oc1cccc(C(=O)c2cccs2)c1. The number of hydrogen-bond donors (Lipinski definition) is 0. The predicted molar refractivity (Wildman–Crippen MR) is 70.1 cm³/mol. The van der Waals surface area contributed by atoms with E-state index in [2.05, 4.69) is 0 Å². The molecule has 3 nitrogen and oxygen atoms in total. The van der Waals surface area contributed by atoms with Crippen LogP contribution in [0.5, 0.6) is 5.75 Å². The highest BCUT2D eigenvalue weighted by molar-refractivity contribution is 7.12. The number of esters is 1. The van der Waals surface area contributed by atoms with E-state index in [1.807, 2.05) is 11.4 Å². The van der Waals surface area contributed by atoms with Gasteiger partial charge in [-0.3, -0.25) is 9.59 Å². The Morgan fingerprint density at radius 3 is 2.72 bits per heavy atom. The zero-order chi connectivity index (χ0) is 13.0. The lowest BCUT2D eigenvalue weighted by Crippen LogP contribution is -2.06. The van der Waals surface area contributed by atoms with Gasteiger partial charge < -0.3 is 4.74 Å². The number of thiophene rings is 1. The fourth-order valence-electron chi connectivity index (χ4n) is 1.45. The summed E-state index contributed by atoms with van der Waals surface area (Å²) in [4.78, 5) is 23.9. The first-order chi connectivity index (χ1) is 8.70. The predicted octanol–water partition coefficient (Wildman–Crippen LogP) is 3.29. The van der Waals surface area contributed by atoms with E-state index in [0.717, 1.165) is 0 Å². The summed E-state index contributed by atoms with van der Waals surface area (Å²) < 4.78 is 5.08. The minimum Gasteiger partial charge on any atom is -0.427 e. The number of ketones is 1. The average Bonchev–Trinajstić information content (AvgIpc) is 2.92. The van der Waals surface area contributed by atoms with Crippen LogP contribution in [0.4, 0.5) is 0 Å². The Kier molecular flexibility index (Phi) is 3.89. The maximum Gasteiger partial charge on any atom is 0.310 e. The molecule has 2 aromatic rings. The summed E-state index contributed by atoms with van der Waals surface area (Å²) in [6.45, 7) is 1.73.